The van der Waals surface area contributed by atoms with Crippen molar-refractivity contribution in [1.29, 1.82) is 0 Å². The van der Waals surface area contributed by atoms with Gasteiger partial charge in [-0.15, -0.1) is 0 Å². The van der Waals surface area contributed by atoms with Crippen molar-refractivity contribution >= 4 is 63.1 Å². The van der Waals surface area contributed by atoms with Gasteiger partial charge in [0, 0.05) is 29.9 Å². The Kier molecular flexibility index (Phi) is 13.5. The van der Waals surface area contributed by atoms with Crippen LogP contribution in [0.3, 0.4) is 0 Å². The summed E-state index contributed by atoms with van der Waals surface area (Å²) in [4.78, 5) is 66.0. The molecule has 0 unspecified atom stereocenters. The predicted molar refractivity (Wildman–Crippen MR) is 170 cm³/mol. The molecule has 1 heterocycles. The normalized spacial score (nSPS) is 12.2. The molecule has 13 nitrogen and oxygen atoms in total. The third-order valence-electron chi connectivity index (χ3n) is 6.51. The Hall–Kier alpha value is -4.08. The van der Waals surface area contributed by atoms with Crippen molar-refractivity contribution < 1.29 is 28.8 Å². The van der Waals surface area contributed by atoms with Crippen LogP contribution in [0.25, 0.3) is 10.9 Å². The molecule has 3 aromatic rings. The van der Waals surface area contributed by atoms with E-state index in [0.717, 1.165) is 34.4 Å². The number of unbranched alkanes of at least 4 members (excludes halogenated alkanes) is 1. The first kappa shape index (κ1) is 34.4. The minimum absolute atomic E-state index is 0.0208. The van der Waals surface area contributed by atoms with Crippen LogP contribution in [-0.4, -0.2) is 71.0 Å². The number of fused-ring (bicyclic) bond motifs is 1. The van der Waals surface area contributed by atoms with Gasteiger partial charge >= 0.3 is 5.97 Å². The molecule has 0 aliphatic heterocycles. The molecule has 0 bridgehead atoms. The summed E-state index contributed by atoms with van der Waals surface area (Å²) in [5.41, 5.74) is 6.88. The van der Waals surface area contributed by atoms with Crippen LogP contribution in [0.1, 0.15) is 31.7 Å². The van der Waals surface area contributed by atoms with Crippen molar-refractivity contribution in [2.45, 2.75) is 54.6 Å². The number of para-hydroxylation sites is 2. The van der Waals surface area contributed by atoms with Crippen LogP contribution >= 0.6 is 23.5 Å². The molecule has 236 valence electrons. The molecule has 0 saturated carbocycles. The minimum atomic E-state index is -1.16. The first-order chi connectivity index (χ1) is 21.2. The van der Waals surface area contributed by atoms with Gasteiger partial charge in [-0.3, -0.25) is 24.5 Å². The fraction of sp³-hybridized carbons (Fsp3) is 0.379. The maximum atomic E-state index is 13.7. The molecule has 1 aromatic heterocycles. The third kappa shape index (κ3) is 9.72. The molecule has 6 N–H and O–H groups in total. The lowest BCUT2D eigenvalue weighted by Gasteiger charge is -2.23. The number of hydrogen-bond acceptors (Lipinski definition) is 10. The summed E-state index contributed by atoms with van der Waals surface area (Å²) in [6.07, 6.45) is 1.47. The summed E-state index contributed by atoms with van der Waals surface area (Å²) in [5, 5.41) is 20.6. The Labute approximate surface area is 263 Å². The Bertz CT molecular complexity index is 1480. The number of aromatic nitrogens is 1. The standard InChI is InChI=1S/C29H36N6O7S2/c1-3-31-29(39)43-17-25(36)32-22(26(37)33-21(28(38)42-2)12-8-9-15-30)16-19-18-10-4-5-11-20(18)34-27(19)44-24-14-7-6-13-23(24)35(40)41/h4-7,10-11,13-14,21-22,34H,3,8-9,12,15-17,30H2,1-2H3,(H,31,39)(H,32,36)(H,33,37)/t21-,22-/m0/s1. The maximum absolute atomic E-state index is 13.7. The fourth-order valence-corrected chi connectivity index (χ4v) is 6.08. The Morgan fingerprint density at radius 1 is 1.05 bits per heavy atom. The minimum Gasteiger partial charge on any atom is -0.467 e. The van der Waals surface area contributed by atoms with E-state index in [1.165, 1.54) is 13.2 Å². The van der Waals surface area contributed by atoms with E-state index in [2.05, 4.69) is 20.9 Å². The van der Waals surface area contributed by atoms with E-state index in [4.69, 9.17) is 10.5 Å². The number of amides is 3. The zero-order chi connectivity index (χ0) is 32.1. The van der Waals surface area contributed by atoms with Crippen LogP contribution in [-0.2, 0) is 25.5 Å². The molecular formula is C29H36N6O7S2. The van der Waals surface area contributed by atoms with E-state index >= 15 is 0 Å². The van der Waals surface area contributed by atoms with E-state index in [0.29, 0.717) is 41.4 Å². The molecule has 2 aromatic carbocycles. The lowest BCUT2D eigenvalue weighted by Crippen LogP contribution is -2.53. The zero-order valence-electron chi connectivity index (χ0n) is 24.4. The highest BCUT2D eigenvalue weighted by Crippen LogP contribution is 2.39. The Morgan fingerprint density at radius 2 is 1.77 bits per heavy atom. The first-order valence-electron chi connectivity index (χ1n) is 14.0. The molecule has 0 saturated heterocycles. The fourth-order valence-electron chi connectivity index (χ4n) is 4.40. The second kappa shape index (κ2) is 17.3. The molecule has 2 atom stereocenters. The van der Waals surface area contributed by atoms with Crippen molar-refractivity contribution in [2.75, 3.05) is 26.0 Å². The summed E-state index contributed by atoms with van der Waals surface area (Å²) < 4.78 is 4.89. The number of nitro groups is 1. The molecule has 44 heavy (non-hydrogen) atoms. The average molecular weight is 645 g/mol. The number of thioether (sulfide) groups is 1. The number of nitro benzene ring substituents is 1. The highest BCUT2D eigenvalue weighted by atomic mass is 32.2. The molecule has 0 spiro atoms. The van der Waals surface area contributed by atoms with E-state index in [-0.39, 0.29) is 29.5 Å². The van der Waals surface area contributed by atoms with Gasteiger partial charge in [-0.05, 0) is 50.4 Å². The quantitative estimate of drug-likeness (QED) is 0.0666. The smallest absolute Gasteiger partial charge is 0.328 e. The van der Waals surface area contributed by atoms with E-state index in [1.807, 2.05) is 24.3 Å². The third-order valence-corrected chi connectivity index (χ3v) is 8.44. The van der Waals surface area contributed by atoms with Gasteiger partial charge in [-0.1, -0.05) is 53.9 Å². The van der Waals surface area contributed by atoms with Crippen molar-refractivity contribution in [3.63, 3.8) is 0 Å². The number of carbonyl (C=O) groups is 4. The van der Waals surface area contributed by atoms with E-state index < -0.39 is 34.8 Å². The van der Waals surface area contributed by atoms with Gasteiger partial charge in [0.2, 0.25) is 11.8 Å². The zero-order valence-corrected chi connectivity index (χ0v) is 26.1. The number of H-pyrrole nitrogens is 1. The van der Waals surface area contributed by atoms with Crippen LogP contribution in [0, 0.1) is 10.1 Å². The first-order valence-corrected chi connectivity index (χ1v) is 15.8. The van der Waals surface area contributed by atoms with Gasteiger partial charge in [-0.25, -0.2) is 4.79 Å². The summed E-state index contributed by atoms with van der Waals surface area (Å²) in [6, 6.07) is 11.5. The van der Waals surface area contributed by atoms with Crippen molar-refractivity contribution in [2.24, 2.45) is 5.73 Å². The number of rotatable bonds is 16. The van der Waals surface area contributed by atoms with Gasteiger partial charge < -0.3 is 31.4 Å². The number of ether oxygens (including phenoxy) is 1. The largest absolute Gasteiger partial charge is 0.467 e. The molecular weight excluding hydrogens is 608 g/mol. The molecule has 15 heteroatoms. The molecule has 3 amide bonds. The van der Waals surface area contributed by atoms with Crippen LogP contribution in [0.5, 0.6) is 0 Å². The molecule has 0 fully saturated rings. The number of nitrogens with two attached hydrogens (primary N) is 1. The molecule has 0 radical (unpaired) electrons. The Balaban J connectivity index is 1.97. The topological polar surface area (TPSA) is 199 Å². The number of hydrogen-bond donors (Lipinski definition) is 5. The second-order valence-corrected chi connectivity index (χ2v) is 11.6. The molecule has 0 aliphatic rings. The highest BCUT2D eigenvalue weighted by Gasteiger charge is 2.30. The van der Waals surface area contributed by atoms with E-state index in [1.54, 1.807) is 25.1 Å². The van der Waals surface area contributed by atoms with Crippen LogP contribution in [0.15, 0.2) is 58.5 Å². The molecule has 3 rings (SSSR count). The lowest BCUT2D eigenvalue weighted by atomic mass is 10.0. The molecule has 0 aliphatic carbocycles. The van der Waals surface area contributed by atoms with Gasteiger partial charge in [0.25, 0.3) is 10.9 Å². The summed E-state index contributed by atoms with van der Waals surface area (Å²) in [5.74, 6) is -2.06. The van der Waals surface area contributed by atoms with Crippen LogP contribution < -0.4 is 21.7 Å². The summed E-state index contributed by atoms with van der Waals surface area (Å²) >= 11 is 1.90. The van der Waals surface area contributed by atoms with Crippen molar-refractivity contribution in [1.82, 2.24) is 20.9 Å². The predicted octanol–water partition coefficient (Wildman–Crippen LogP) is 3.50. The van der Waals surface area contributed by atoms with Crippen LogP contribution in [0.2, 0.25) is 0 Å². The SMILES string of the molecule is CCNC(=O)SCC(=O)N[C@@H](Cc1c(Sc2ccccc2[N+](=O)[O-])[nH]c2ccccc12)C(=O)N[C@@H](CCCCN)C(=O)OC. The summed E-state index contributed by atoms with van der Waals surface area (Å²) in [7, 11) is 1.22. The van der Waals surface area contributed by atoms with Gasteiger partial charge in [0.05, 0.1) is 27.7 Å². The monoisotopic (exact) mass is 644 g/mol. The van der Waals surface area contributed by atoms with Gasteiger partial charge in [0.15, 0.2) is 0 Å². The maximum Gasteiger partial charge on any atom is 0.328 e. The summed E-state index contributed by atoms with van der Waals surface area (Å²) in [6.45, 7) is 2.58. The number of nitrogens with zero attached hydrogens (tertiary/aromatic N) is 1. The van der Waals surface area contributed by atoms with Crippen molar-refractivity contribution in [3.8, 4) is 0 Å². The second-order valence-electron chi connectivity index (χ2n) is 9.60. The number of methoxy groups -OCH3 is 1. The average Bonchev–Trinajstić information content (AvgIpc) is 3.35. The number of benzene rings is 2. The van der Waals surface area contributed by atoms with Gasteiger partial charge in [-0.2, -0.15) is 0 Å². The van der Waals surface area contributed by atoms with Gasteiger partial charge in [0.1, 0.15) is 12.1 Å². The number of esters is 1. The number of aromatic amines is 1. The highest BCUT2D eigenvalue weighted by molar-refractivity contribution is 8.14. The van der Waals surface area contributed by atoms with Crippen molar-refractivity contribution in [3.05, 3.63) is 64.2 Å². The van der Waals surface area contributed by atoms with E-state index in [9.17, 15) is 29.3 Å². The number of nitrogens with one attached hydrogen (secondary N) is 4. The van der Waals surface area contributed by atoms with Crippen LogP contribution in [0.4, 0.5) is 10.5 Å². The number of carbonyl (C=O) groups excluding carboxylic acids is 4. The lowest BCUT2D eigenvalue weighted by molar-refractivity contribution is -0.387. The Morgan fingerprint density at radius 3 is 2.48 bits per heavy atom.